The fourth-order valence-corrected chi connectivity index (χ4v) is 2.39. The molecule has 0 aliphatic heterocycles. The van der Waals surface area contributed by atoms with Gasteiger partial charge in [0.15, 0.2) is 0 Å². The van der Waals surface area contributed by atoms with Crippen LogP contribution in [0, 0.1) is 0 Å². The van der Waals surface area contributed by atoms with Crippen molar-refractivity contribution < 1.29 is 18.0 Å². The van der Waals surface area contributed by atoms with Gasteiger partial charge < -0.3 is 15.6 Å². The van der Waals surface area contributed by atoms with E-state index in [0.717, 1.165) is 4.57 Å². The molecule has 0 spiro atoms. The van der Waals surface area contributed by atoms with Crippen molar-refractivity contribution in [2.45, 2.75) is 45.5 Å². The number of imidazole rings is 1. The van der Waals surface area contributed by atoms with Crippen LogP contribution < -0.4 is 11.1 Å². The van der Waals surface area contributed by atoms with Crippen molar-refractivity contribution in [3.05, 3.63) is 29.6 Å². The molecule has 24 heavy (non-hydrogen) atoms. The highest BCUT2D eigenvalue weighted by Crippen LogP contribution is 2.33. The number of hydrogen-bond donors (Lipinski definition) is 2. The number of benzene rings is 1. The number of nitrogens with zero attached hydrogens (tertiary/aromatic N) is 2. The van der Waals surface area contributed by atoms with E-state index in [2.05, 4.69) is 10.3 Å². The highest BCUT2D eigenvalue weighted by molar-refractivity contribution is 5.97. The van der Waals surface area contributed by atoms with Gasteiger partial charge in [0.2, 0.25) is 5.82 Å². The maximum absolute atomic E-state index is 13.2. The third-order valence-electron chi connectivity index (χ3n) is 3.68. The molecule has 0 radical (unpaired) electrons. The monoisotopic (exact) mass is 342 g/mol. The maximum atomic E-state index is 13.2. The molecule has 0 bridgehead atoms. The largest absolute Gasteiger partial charge is 0.449 e. The van der Waals surface area contributed by atoms with Gasteiger partial charge in [-0.2, -0.15) is 13.2 Å². The lowest BCUT2D eigenvalue weighted by atomic mass is 10.1. The lowest BCUT2D eigenvalue weighted by Gasteiger charge is -2.24. The molecular weight excluding hydrogens is 321 g/mol. The third kappa shape index (κ3) is 3.53. The minimum atomic E-state index is -4.56. The summed E-state index contributed by atoms with van der Waals surface area (Å²) >= 11 is 0. The van der Waals surface area contributed by atoms with E-state index < -0.39 is 29.5 Å². The van der Waals surface area contributed by atoms with E-state index in [0.29, 0.717) is 5.52 Å². The van der Waals surface area contributed by atoms with Gasteiger partial charge in [0.1, 0.15) is 0 Å². The summed E-state index contributed by atoms with van der Waals surface area (Å²) in [7, 11) is 0. The number of fused-ring (bicyclic) bond motifs is 1. The van der Waals surface area contributed by atoms with E-state index in [1.807, 2.05) is 0 Å². The van der Waals surface area contributed by atoms with Gasteiger partial charge in [0, 0.05) is 23.7 Å². The first-order valence-electron chi connectivity index (χ1n) is 7.58. The zero-order valence-corrected chi connectivity index (χ0v) is 14.0. The zero-order valence-electron chi connectivity index (χ0n) is 14.0. The molecule has 0 aliphatic carbocycles. The molecule has 0 aliphatic rings. The van der Waals surface area contributed by atoms with Crippen molar-refractivity contribution in [1.29, 1.82) is 0 Å². The quantitative estimate of drug-likeness (QED) is 0.897. The van der Waals surface area contributed by atoms with E-state index >= 15 is 0 Å². The Hall–Kier alpha value is -2.09. The highest BCUT2D eigenvalue weighted by atomic mass is 19.4. The standard InChI is InChI=1S/C16H21F3N4O/c1-9(2)23-12-6-5-10(13(24)22-15(3,4)8-20)7-11(12)21-14(23)16(17,18)19/h5-7,9H,8,20H2,1-4H3,(H,22,24). The van der Waals surface area contributed by atoms with Gasteiger partial charge in [-0.25, -0.2) is 4.98 Å². The summed E-state index contributed by atoms with van der Waals surface area (Å²) in [6.45, 7) is 7.07. The molecule has 132 valence electrons. The summed E-state index contributed by atoms with van der Waals surface area (Å²) in [5.74, 6) is -1.37. The number of nitrogens with one attached hydrogen (secondary N) is 1. The number of rotatable bonds is 4. The van der Waals surface area contributed by atoms with Gasteiger partial charge in [0.25, 0.3) is 5.91 Å². The molecule has 1 aromatic heterocycles. The second-order valence-corrected chi connectivity index (χ2v) is 6.64. The van der Waals surface area contributed by atoms with Crippen LogP contribution in [0.5, 0.6) is 0 Å². The second-order valence-electron chi connectivity index (χ2n) is 6.64. The Balaban J connectivity index is 2.51. The van der Waals surface area contributed by atoms with E-state index in [1.165, 1.54) is 18.2 Å². The molecule has 1 aromatic carbocycles. The average molecular weight is 342 g/mol. The summed E-state index contributed by atoms with van der Waals surface area (Å²) in [5, 5.41) is 2.74. The number of hydrogen-bond acceptors (Lipinski definition) is 3. The van der Waals surface area contributed by atoms with Crippen molar-refractivity contribution in [1.82, 2.24) is 14.9 Å². The Bertz CT molecular complexity index is 763. The highest BCUT2D eigenvalue weighted by Gasteiger charge is 2.38. The predicted molar refractivity (Wildman–Crippen MR) is 85.7 cm³/mol. The topological polar surface area (TPSA) is 72.9 Å². The zero-order chi connectivity index (χ0) is 18.3. The van der Waals surface area contributed by atoms with Crippen LogP contribution in [0.4, 0.5) is 13.2 Å². The summed E-state index contributed by atoms with van der Waals surface area (Å²) in [4.78, 5) is 16.0. The molecule has 0 unspecified atom stereocenters. The normalized spacial score (nSPS) is 12.9. The summed E-state index contributed by atoms with van der Waals surface area (Å²) < 4.78 is 40.7. The van der Waals surface area contributed by atoms with E-state index in [1.54, 1.807) is 27.7 Å². The fourth-order valence-electron chi connectivity index (χ4n) is 2.39. The Kier molecular flexibility index (Phi) is 4.63. The molecule has 1 heterocycles. The number of nitrogens with two attached hydrogens (primary N) is 1. The number of halogens is 3. The molecule has 0 saturated carbocycles. The van der Waals surface area contributed by atoms with Crippen molar-refractivity contribution in [2.75, 3.05) is 6.54 Å². The van der Waals surface area contributed by atoms with Crippen molar-refractivity contribution in [3.63, 3.8) is 0 Å². The van der Waals surface area contributed by atoms with Crippen LogP contribution in [0.3, 0.4) is 0 Å². The van der Waals surface area contributed by atoms with Gasteiger partial charge >= 0.3 is 6.18 Å². The Labute approximate surface area is 138 Å². The molecule has 2 aromatic rings. The maximum Gasteiger partial charge on any atom is 0.449 e. The molecule has 5 nitrogen and oxygen atoms in total. The minimum Gasteiger partial charge on any atom is -0.346 e. The molecular formula is C16H21F3N4O. The smallest absolute Gasteiger partial charge is 0.346 e. The van der Waals surface area contributed by atoms with Crippen LogP contribution >= 0.6 is 0 Å². The van der Waals surface area contributed by atoms with Crippen LogP contribution in [0.25, 0.3) is 11.0 Å². The predicted octanol–water partition coefficient (Wildman–Crippen LogP) is 3.10. The molecule has 0 atom stereocenters. The van der Waals surface area contributed by atoms with Gasteiger partial charge in [-0.15, -0.1) is 0 Å². The SMILES string of the molecule is CC(C)n1c(C(F)(F)F)nc2cc(C(=O)NC(C)(C)CN)ccc21. The minimum absolute atomic E-state index is 0.134. The second kappa shape index (κ2) is 6.08. The average Bonchev–Trinajstić information content (AvgIpc) is 2.85. The first-order chi connectivity index (χ1) is 11.0. The first-order valence-corrected chi connectivity index (χ1v) is 7.58. The lowest BCUT2D eigenvalue weighted by molar-refractivity contribution is -0.147. The molecule has 1 amide bonds. The van der Waals surface area contributed by atoms with Crippen molar-refractivity contribution in [3.8, 4) is 0 Å². The van der Waals surface area contributed by atoms with Crippen molar-refractivity contribution in [2.24, 2.45) is 5.73 Å². The summed E-state index contributed by atoms with van der Waals surface area (Å²) in [5.41, 5.74) is 5.68. The number of aromatic nitrogens is 2. The van der Waals surface area contributed by atoms with E-state index in [4.69, 9.17) is 5.73 Å². The first kappa shape index (κ1) is 18.3. The molecule has 0 fully saturated rings. The molecule has 2 rings (SSSR count). The number of amides is 1. The van der Waals surface area contributed by atoms with Crippen LogP contribution in [0.1, 0.15) is 49.9 Å². The lowest BCUT2D eigenvalue weighted by Crippen LogP contribution is -2.48. The molecule has 3 N–H and O–H groups in total. The van der Waals surface area contributed by atoms with Gasteiger partial charge in [-0.1, -0.05) is 0 Å². The van der Waals surface area contributed by atoms with Crippen LogP contribution in [0.15, 0.2) is 18.2 Å². The van der Waals surface area contributed by atoms with Crippen molar-refractivity contribution >= 4 is 16.9 Å². The van der Waals surface area contributed by atoms with Gasteiger partial charge in [-0.05, 0) is 45.9 Å². The Morgan fingerprint density at radius 2 is 1.96 bits per heavy atom. The van der Waals surface area contributed by atoms with Crippen LogP contribution in [0.2, 0.25) is 0 Å². The third-order valence-corrected chi connectivity index (χ3v) is 3.68. The number of alkyl halides is 3. The van der Waals surface area contributed by atoms with E-state index in [9.17, 15) is 18.0 Å². The Morgan fingerprint density at radius 3 is 2.46 bits per heavy atom. The summed E-state index contributed by atoms with van der Waals surface area (Å²) in [6, 6.07) is 3.93. The molecule has 0 saturated heterocycles. The Morgan fingerprint density at radius 1 is 1.33 bits per heavy atom. The van der Waals surface area contributed by atoms with E-state index in [-0.39, 0.29) is 17.6 Å². The van der Waals surface area contributed by atoms with Gasteiger partial charge in [-0.3, -0.25) is 4.79 Å². The molecule has 8 heteroatoms. The summed E-state index contributed by atoms with van der Waals surface area (Å²) in [6.07, 6.45) is -4.56. The number of carbonyl (C=O) groups excluding carboxylic acids is 1. The fraction of sp³-hybridized carbons (Fsp3) is 0.500. The number of carbonyl (C=O) groups is 1. The van der Waals surface area contributed by atoms with Crippen LogP contribution in [-0.2, 0) is 6.18 Å². The van der Waals surface area contributed by atoms with Gasteiger partial charge in [0.05, 0.1) is 11.0 Å². The van der Waals surface area contributed by atoms with Crippen LogP contribution in [-0.4, -0.2) is 27.5 Å².